The number of benzene rings is 2. The summed E-state index contributed by atoms with van der Waals surface area (Å²) in [6.07, 6.45) is -3.53. The summed E-state index contributed by atoms with van der Waals surface area (Å²) in [4.78, 5) is 38.8. The van der Waals surface area contributed by atoms with Gasteiger partial charge in [-0.15, -0.1) is 0 Å². The quantitative estimate of drug-likeness (QED) is 0.385. The molecule has 2 aromatic rings. The number of likely N-dealkylation sites (N-methyl/N-ethyl adjacent to an activating group) is 1. The summed E-state index contributed by atoms with van der Waals surface area (Å²) in [5, 5.41) is 10.8. The molecule has 2 aromatic carbocycles. The van der Waals surface area contributed by atoms with E-state index < -0.39 is 24.2 Å². The monoisotopic (exact) mass is 622 g/mol. The number of nitrogens with two attached hydrogens (primary N) is 1. The van der Waals surface area contributed by atoms with Gasteiger partial charge in [-0.2, -0.15) is 13.2 Å². The van der Waals surface area contributed by atoms with Gasteiger partial charge in [0.2, 0.25) is 11.8 Å². The Bertz CT molecular complexity index is 1200. The molecule has 0 saturated carbocycles. The third kappa shape index (κ3) is 10.1. The van der Waals surface area contributed by atoms with Crippen molar-refractivity contribution in [1.82, 2.24) is 15.1 Å². The largest absolute Gasteiger partial charge is 0.490 e. The smallest absolute Gasteiger partial charge is 0.475 e. The third-order valence-electron chi connectivity index (χ3n) is 6.60. The van der Waals surface area contributed by atoms with Gasteiger partial charge in [0.05, 0.1) is 22.1 Å². The number of carbonyl (C=O) groups excluding carboxylic acids is 2. The standard InChI is InChI=1S/C25H31Cl2FN4O2.C2HF3O2/c1-3-19-15-31(23(24(33)30-2)14-17-6-9-20(26)21(27)12-17)10-11-32(19)25(34)22(29)13-16-4-7-18(28)8-5-16;3-2(4,5)1(6)7/h4-9,12,19,22-23H,3,10-11,13-15,29H2,1-2H3,(H,30,33);(H,6,7). The van der Waals surface area contributed by atoms with Crippen LogP contribution in [-0.4, -0.2) is 83.7 Å². The molecule has 14 heteroatoms. The lowest BCUT2D eigenvalue weighted by Crippen LogP contribution is -2.62. The molecule has 1 aliphatic rings. The fourth-order valence-electron chi connectivity index (χ4n) is 4.42. The number of halogens is 6. The highest BCUT2D eigenvalue weighted by Crippen LogP contribution is 2.25. The van der Waals surface area contributed by atoms with Gasteiger partial charge in [0, 0.05) is 32.7 Å². The molecule has 0 bridgehead atoms. The summed E-state index contributed by atoms with van der Waals surface area (Å²) < 4.78 is 44.9. The van der Waals surface area contributed by atoms with Gasteiger partial charge in [0.15, 0.2) is 0 Å². The maximum Gasteiger partial charge on any atom is 0.490 e. The average Bonchev–Trinajstić information content (AvgIpc) is 2.93. The molecule has 3 unspecified atom stereocenters. The molecule has 1 saturated heterocycles. The number of carbonyl (C=O) groups is 3. The molecular formula is C27H32Cl2F4N4O4. The molecule has 1 aliphatic heterocycles. The van der Waals surface area contributed by atoms with Gasteiger partial charge in [-0.05, 0) is 54.7 Å². The Kier molecular flexibility index (Phi) is 12.8. The number of amides is 2. The number of carboxylic acid groups (broad SMARTS) is 1. The van der Waals surface area contributed by atoms with E-state index >= 15 is 0 Å². The van der Waals surface area contributed by atoms with Crippen molar-refractivity contribution in [3.63, 3.8) is 0 Å². The fourth-order valence-corrected chi connectivity index (χ4v) is 4.74. The zero-order valence-electron chi connectivity index (χ0n) is 22.4. The van der Waals surface area contributed by atoms with Gasteiger partial charge in [-0.3, -0.25) is 14.5 Å². The van der Waals surface area contributed by atoms with Crippen molar-refractivity contribution in [2.24, 2.45) is 5.73 Å². The summed E-state index contributed by atoms with van der Waals surface area (Å²) >= 11 is 12.2. The predicted molar refractivity (Wildman–Crippen MR) is 147 cm³/mol. The van der Waals surface area contributed by atoms with Crippen molar-refractivity contribution in [2.45, 2.75) is 50.5 Å². The van der Waals surface area contributed by atoms with E-state index in [-0.39, 0.29) is 23.7 Å². The van der Waals surface area contributed by atoms with Crippen LogP contribution in [0.2, 0.25) is 10.0 Å². The molecule has 0 radical (unpaired) electrons. The van der Waals surface area contributed by atoms with Gasteiger partial charge in [-0.1, -0.05) is 48.3 Å². The van der Waals surface area contributed by atoms with E-state index in [1.54, 1.807) is 31.3 Å². The zero-order valence-corrected chi connectivity index (χ0v) is 23.9. The van der Waals surface area contributed by atoms with Gasteiger partial charge in [-0.25, -0.2) is 9.18 Å². The van der Waals surface area contributed by atoms with E-state index in [2.05, 4.69) is 10.2 Å². The minimum atomic E-state index is -5.08. The highest BCUT2D eigenvalue weighted by molar-refractivity contribution is 6.42. The van der Waals surface area contributed by atoms with E-state index in [1.165, 1.54) is 12.1 Å². The summed E-state index contributed by atoms with van der Waals surface area (Å²) in [7, 11) is 1.62. The van der Waals surface area contributed by atoms with Crippen molar-refractivity contribution in [1.29, 1.82) is 0 Å². The molecule has 41 heavy (non-hydrogen) atoms. The predicted octanol–water partition coefficient (Wildman–Crippen LogP) is 3.92. The lowest BCUT2D eigenvalue weighted by Gasteiger charge is -2.44. The Labute approximate surface area is 245 Å². The first-order chi connectivity index (χ1) is 19.2. The normalized spacial score (nSPS) is 17.2. The number of nitrogens with zero attached hydrogens (tertiary/aromatic N) is 2. The van der Waals surface area contributed by atoms with Crippen LogP contribution in [0, 0.1) is 5.82 Å². The lowest BCUT2D eigenvalue weighted by molar-refractivity contribution is -0.192. The molecule has 1 fully saturated rings. The van der Waals surface area contributed by atoms with Crippen LogP contribution in [0.1, 0.15) is 24.5 Å². The summed E-state index contributed by atoms with van der Waals surface area (Å²) in [6, 6.07) is 10.2. The average molecular weight is 623 g/mol. The number of alkyl halides is 3. The molecule has 226 valence electrons. The number of hydrogen-bond acceptors (Lipinski definition) is 5. The molecule has 0 aromatic heterocycles. The minimum absolute atomic E-state index is 0.0681. The maximum atomic E-state index is 13.2. The number of rotatable bonds is 8. The van der Waals surface area contributed by atoms with Crippen molar-refractivity contribution in [2.75, 3.05) is 26.7 Å². The van der Waals surface area contributed by atoms with Crippen LogP contribution < -0.4 is 11.1 Å². The Hall–Kier alpha value is -2.93. The Morgan fingerprint density at radius 3 is 2.15 bits per heavy atom. The molecule has 2 amide bonds. The van der Waals surface area contributed by atoms with E-state index in [1.807, 2.05) is 17.9 Å². The second kappa shape index (κ2) is 15.3. The Morgan fingerprint density at radius 2 is 1.63 bits per heavy atom. The van der Waals surface area contributed by atoms with E-state index in [0.717, 1.165) is 17.5 Å². The number of hydrogen-bond donors (Lipinski definition) is 3. The summed E-state index contributed by atoms with van der Waals surface area (Å²) in [5.41, 5.74) is 7.97. The molecule has 0 spiro atoms. The van der Waals surface area contributed by atoms with Crippen LogP contribution >= 0.6 is 23.2 Å². The molecule has 8 nitrogen and oxygen atoms in total. The second-order valence-corrected chi connectivity index (χ2v) is 10.2. The van der Waals surface area contributed by atoms with Gasteiger partial charge >= 0.3 is 12.1 Å². The molecule has 0 aliphatic carbocycles. The second-order valence-electron chi connectivity index (χ2n) is 9.41. The first-order valence-corrected chi connectivity index (χ1v) is 13.4. The highest BCUT2D eigenvalue weighted by Gasteiger charge is 2.38. The zero-order chi connectivity index (χ0) is 30.9. The number of carboxylic acids is 1. The SMILES string of the molecule is CCC1CN(C(Cc2ccc(Cl)c(Cl)c2)C(=O)NC)CCN1C(=O)C(N)Cc1ccc(F)cc1.O=C(O)C(F)(F)F. The van der Waals surface area contributed by atoms with Crippen LogP contribution in [0.25, 0.3) is 0 Å². The Morgan fingerprint density at radius 1 is 1.05 bits per heavy atom. The number of piperazine rings is 1. The van der Waals surface area contributed by atoms with Gasteiger partial charge < -0.3 is 21.1 Å². The van der Waals surface area contributed by atoms with Crippen LogP contribution in [0.15, 0.2) is 42.5 Å². The van der Waals surface area contributed by atoms with E-state index in [9.17, 15) is 27.2 Å². The van der Waals surface area contributed by atoms with Crippen molar-refractivity contribution < 1.29 is 37.1 Å². The first kappa shape index (κ1) is 34.3. The summed E-state index contributed by atoms with van der Waals surface area (Å²) in [5.74, 6) is -3.30. The number of nitrogens with one attached hydrogen (secondary N) is 1. The first-order valence-electron chi connectivity index (χ1n) is 12.7. The van der Waals surface area contributed by atoms with Crippen molar-refractivity contribution in [3.8, 4) is 0 Å². The third-order valence-corrected chi connectivity index (χ3v) is 7.34. The highest BCUT2D eigenvalue weighted by atomic mass is 35.5. The van der Waals surface area contributed by atoms with E-state index in [4.69, 9.17) is 38.8 Å². The molecular weight excluding hydrogens is 591 g/mol. The molecule has 4 N–H and O–H groups in total. The van der Waals surface area contributed by atoms with Gasteiger partial charge in [0.1, 0.15) is 5.82 Å². The Balaban J connectivity index is 0.000000745. The molecule has 3 rings (SSSR count). The number of aliphatic carboxylic acids is 1. The van der Waals surface area contributed by atoms with Crippen molar-refractivity contribution >= 4 is 41.0 Å². The van der Waals surface area contributed by atoms with E-state index in [0.29, 0.717) is 42.5 Å². The molecule has 1 heterocycles. The summed E-state index contributed by atoms with van der Waals surface area (Å²) in [6.45, 7) is 3.60. The minimum Gasteiger partial charge on any atom is -0.475 e. The van der Waals surface area contributed by atoms with Crippen LogP contribution in [0.4, 0.5) is 17.6 Å². The van der Waals surface area contributed by atoms with Crippen LogP contribution in [0.3, 0.4) is 0 Å². The van der Waals surface area contributed by atoms with Gasteiger partial charge in [0.25, 0.3) is 0 Å². The fraction of sp³-hybridized carbons (Fsp3) is 0.444. The van der Waals surface area contributed by atoms with Crippen molar-refractivity contribution in [3.05, 3.63) is 69.5 Å². The maximum absolute atomic E-state index is 13.2. The molecule has 3 atom stereocenters. The topological polar surface area (TPSA) is 116 Å². The lowest BCUT2D eigenvalue weighted by atomic mass is 9.99. The van der Waals surface area contributed by atoms with Crippen LogP contribution in [0.5, 0.6) is 0 Å². The van der Waals surface area contributed by atoms with Crippen LogP contribution in [-0.2, 0) is 27.2 Å².